The zero-order valence-electron chi connectivity index (χ0n) is 11.4. The van der Waals surface area contributed by atoms with Crippen molar-refractivity contribution in [2.75, 3.05) is 19.7 Å². The fourth-order valence-corrected chi connectivity index (χ4v) is 1.80. The fourth-order valence-electron chi connectivity index (χ4n) is 1.80. The average Bonchev–Trinajstić information content (AvgIpc) is 3.17. The molecule has 1 aliphatic carbocycles. The third-order valence-electron chi connectivity index (χ3n) is 3.01. The maximum atomic E-state index is 11.4. The minimum absolute atomic E-state index is 0.148. The summed E-state index contributed by atoms with van der Waals surface area (Å²) < 4.78 is 5.61. The summed E-state index contributed by atoms with van der Waals surface area (Å²) in [6, 6.07) is 8.46. The molecule has 2 N–H and O–H groups in total. The Hall–Kier alpha value is -1.55. The molecule has 0 atom stereocenters. The minimum Gasteiger partial charge on any atom is -0.492 e. The third kappa shape index (κ3) is 5.75. The zero-order chi connectivity index (χ0) is 13.5. The van der Waals surface area contributed by atoms with Gasteiger partial charge in [-0.15, -0.1) is 0 Å². The molecule has 0 spiro atoms. The summed E-state index contributed by atoms with van der Waals surface area (Å²) in [4.78, 5) is 11.4. The van der Waals surface area contributed by atoms with Gasteiger partial charge in [-0.25, -0.2) is 0 Å². The van der Waals surface area contributed by atoms with Crippen LogP contribution >= 0.6 is 0 Å². The van der Waals surface area contributed by atoms with Gasteiger partial charge in [-0.2, -0.15) is 0 Å². The first-order valence-electron chi connectivity index (χ1n) is 6.93. The van der Waals surface area contributed by atoms with Gasteiger partial charge in [-0.3, -0.25) is 4.79 Å². The average molecular weight is 262 g/mol. The smallest absolute Gasteiger partial charge is 0.221 e. The summed E-state index contributed by atoms with van der Waals surface area (Å²) in [7, 11) is 0. The first-order chi connectivity index (χ1) is 9.24. The van der Waals surface area contributed by atoms with E-state index >= 15 is 0 Å². The van der Waals surface area contributed by atoms with Crippen LogP contribution in [-0.2, 0) is 4.79 Å². The van der Waals surface area contributed by atoms with Gasteiger partial charge in [0.2, 0.25) is 5.91 Å². The van der Waals surface area contributed by atoms with Crippen molar-refractivity contribution < 1.29 is 9.53 Å². The molecule has 1 aromatic rings. The Kier molecular flexibility index (Phi) is 5.21. The topological polar surface area (TPSA) is 50.4 Å². The van der Waals surface area contributed by atoms with Crippen molar-refractivity contribution in [3.05, 3.63) is 29.8 Å². The highest BCUT2D eigenvalue weighted by Crippen LogP contribution is 2.18. The number of benzene rings is 1. The molecule has 1 aliphatic rings. The normalized spacial score (nSPS) is 14.2. The van der Waals surface area contributed by atoms with Gasteiger partial charge >= 0.3 is 0 Å². The minimum atomic E-state index is 0.148. The van der Waals surface area contributed by atoms with Crippen LogP contribution < -0.4 is 15.4 Å². The van der Waals surface area contributed by atoms with Gasteiger partial charge < -0.3 is 15.4 Å². The molecule has 4 heteroatoms. The van der Waals surface area contributed by atoms with E-state index in [2.05, 4.69) is 10.6 Å². The lowest BCUT2D eigenvalue weighted by Gasteiger charge is -2.08. The lowest BCUT2D eigenvalue weighted by Crippen LogP contribution is -2.30. The Balaban J connectivity index is 1.48. The largest absolute Gasteiger partial charge is 0.492 e. The molecule has 0 aromatic heterocycles. The molecular formula is C15H22N2O2. The van der Waals surface area contributed by atoms with Crippen LogP contribution in [0.5, 0.6) is 5.75 Å². The monoisotopic (exact) mass is 262 g/mol. The Morgan fingerprint density at radius 2 is 2.21 bits per heavy atom. The number of hydrogen-bond acceptors (Lipinski definition) is 3. The van der Waals surface area contributed by atoms with Gasteiger partial charge in [-0.05, 0) is 37.5 Å². The lowest BCUT2D eigenvalue weighted by atomic mass is 10.2. The van der Waals surface area contributed by atoms with E-state index in [1.165, 1.54) is 5.56 Å². The van der Waals surface area contributed by atoms with Crippen LogP contribution in [0.1, 0.15) is 24.8 Å². The Morgan fingerprint density at radius 3 is 2.95 bits per heavy atom. The number of carbonyl (C=O) groups excluding carboxylic acids is 1. The number of aryl methyl sites for hydroxylation is 1. The molecule has 1 aromatic carbocycles. The van der Waals surface area contributed by atoms with E-state index in [0.717, 1.165) is 25.1 Å². The second-order valence-corrected chi connectivity index (χ2v) is 5.01. The number of amides is 1. The third-order valence-corrected chi connectivity index (χ3v) is 3.01. The van der Waals surface area contributed by atoms with Crippen LogP contribution in [0.3, 0.4) is 0 Å². The van der Waals surface area contributed by atoms with Crippen molar-refractivity contribution >= 4 is 5.91 Å². The van der Waals surface area contributed by atoms with E-state index in [1.807, 2.05) is 31.2 Å². The molecule has 1 saturated carbocycles. The predicted octanol–water partition coefficient (Wildman–Crippen LogP) is 1.63. The molecular weight excluding hydrogens is 240 g/mol. The van der Waals surface area contributed by atoms with Gasteiger partial charge in [0.05, 0.1) is 0 Å². The van der Waals surface area contributed by atoms with Crippen molar-refractivity contribution in [2.24, 2.45) is 0 Å². The number of ether oxygens (including phenoxy) is 1. The van der Waals surface area contributed by atoms with Gasteiger partial charge in [-0.1, -0.05) is 12.1 Å². The molecule has 1 amide bonds. The van der Waals surface area contributed by atoms with Crippen LogP contribution in [-0.4, -0.2) is 31.6 Å². The van der Waals surface area contributed by atoms with Crippen LogP contribution in [0.4, 0.5) is 0 Å². The van der Waals surface area contributed by atoms with Gasteiger partial charge in [0.1, 0.15) is 12.4 Å². The van der Waals surface area contributed by atoms with Crippen molar-refractivity contribution in [3.8, 4) is 5.75 Å². The van der Waals surface area contributed by atoms with Crippen molar-refractivity contribution in [1.29, 1.82) is 0 Å². The van der Waals surface area contributed by atoms with Crippen molar-refractivity contribution in [2.45, 2.75) is 32.2 Å². The maximum Gasteiger partial charge on any atom is 0.221 e. The molecule has 0 radical (unpaired) electrons. The van der Waals surface area contributed by atoms with Gasteiger partial charge in [0.25, 0.3) is 0 Å². The molecule has 104 valence electrons. The second kappa shape index (κ2) is 7.14. The summed E-state index contributed by atoms with van der Waals surface area (Å²) in [5.74, 6) is 1.04. The van der Waals surface area contributed by atoms with E-state index in [4.69, 9.17) is 4.74 Å². The lowest BCUT2D eigenvalue weighted by molar-refractivity contribution is -0.121. The Morgan fingerprint density at radius 1 is 1.37 bits per heavy atom. The number of carbonyl (C=O) groups is 1. The number of rotatable bonds is 8. The molecule has 0 saturated heterocycles. The molecule has 0 unspecified atom stereocenters. The Labute approximate surface area is 114 Å². The quantitative estimate of drug-likeness (QED) is 0.700. The summed E-state index contributed by atoms with van der Waals surface area (Å²) in [5.41, 5.74) is 1.20. The molecule has 2 rings (SSSR count). The highest BCUT2D eigenvalue weighted by molar-refractivity contribution is 5.76. The van der Waals surface area contributed by atoms with Crippen molar-refractivity contribution in [3.63, 3.8) is 0 Å². The maximum absolute atomic E-state index is 11.4. The Bertz CT molecular complexity index is 416. The van der Waals surface area contributed by atoms with Crippen LogP contribution in [0.25, 0.3) is 0 Å². The SMILES string of the molecule is Cc1cccc(OCCNCCC(=O)NC2CC2)c1. The fraction of sp³-hybridized carbons (Fsp3) is 0.533. The molecule has 0 bridgehead atoms. The highest BCUT2D eigenvalue weighted by Gasteiger charge is 2.22. The first-order valence-corrected chi connectivity index (χ1v) is 6.93. The molecule has 0 aliphatic heterocycles. The zero-order valence-corrected chi connectivity index (χ0v) is 11.4. The van der Waals surface area contributed by atoms with Crippen molar-refractivity contribution in [1.82, 2.24) is 10.6 Å². The van der Waals surface area contributed by atoms with Gasteiger partial charge in [0.15, 0.2) is 0 Å². The molecule has 0 heterocycles. The summed E-state index contributed by atoms with van der Waals surface area (Å²) in [5, 5.41) is 6.18. The molecule has 4 nitrogen and oxygen atoms in total. The standard InChI is InChI=1S/C15H22N2O2/c1-12-3-2-4-14(11-12)19-10-9-16-8-7-15(18)17-13-5-6-13/h2-4,11,13,16H,5-10H2,1H3,(H,17,18). The predicted molar refractivity (Wildman–Crippen MR) is 75.3 cm³/mol. The summed E-state index contributed by atoms with van der Waals surface area (Å²) in [6.07, 6.45) is 2.83. The van der Waals surface area contributed by atoms with Gasteiger partial charge in [0, 0.05) is 25.6 Å². The number of hydrogen-bond donors (Lipinski definition) is 2. The van der Waals surface area contributed by atoms with Crippen LogP contribution in [0, 0.1) is 6.92 Å². The number of nitrogens with one attached hydrogen (secondary N) is 2. The summed E-state index contributed by atoms with van der Waals surface area (Å²) >= 11 is 0. The molecule has 19 heavy (non-hydrogen) atoms. The highest BCUT2D eigenvalue weighted by atomic mass is 16.5. The van der Waals surface area contributed by atoms with E-state index in [-0.39, 0.29) is 5.91 Å². The van der Waals surface area contributed by atoms with Crippen LogP contribution in [0.15, 0.2) is 24.3 Å². The molecule has 1 fully saturated rings. The first kappa shape index (κ1) is 13.9. The van der Waals surface area contributed by atoms with E-state index in [9.17, 15) is 4.79 Å². The van der Waals surface area contributed by atoms with E-state index in [0.29, 0.717) is 25.6 Å². The van der Waals surface area contributed by atoms with E-state index < -0.39 is 0 Å². The van der Waals surface area contributed by atoms with Crippen LogP contribution in [0.2, 0.25) is 0 Å². The van der Waals surface area contributed by atoms with E-state index in [1.54, 1.807) is 0 Å². The second-order valence-electron chi connectivity index (χ2n) is 5.01. The summed E-state index contributed by atoms with van der Waals surface area (Å²) in [6.45, 7) is 4.12.